The van der Waals surface area contributed by atoms with Crippen LogP contribution in [0, 0.1) is 0 Å². The molecule has 0 unspecified atom stereocenters. The van der Waals surface area contributed by atoms with Crippen molar-refractivity contribution in [3.63, 3.8) is 0 Å². The summed E-state index contributed by atoms with van der Waals surface area (Å²) in [5.41, 5.74) is 10.2. The molecule has 1 aliphatic carbocycles. The van der Waals surface area contributed by atoms with Gasteiger partial charge >= 0.3 is 0 Å². The van der Waals surface area contributed by atoms with Gasteiger partial charge < -0.3 is 5.32 Å². The Hall–Kier alpha value is -3.84. The van der Waals surface area contributed by atoms with Gasteiger partial charge in [0.1, 0.15) is 0 Å². The maximum absolute atomic E-state index is 3.73. The molecule has 0 aliphatic heterocycles. The summed E-state index contributed by atoms with van der Waals surface area (Å²) in [6, 6.07) is 39.3. The third-order valence-electron chi connectivity index (χ3n) is 6.87. The van der Waals surface area contributed by atoms with Crippen LogP contribution in [-0.4, -0.2) is 0 Å². The van der Waals surface area contributed by atoms with Gasteiger partial charge in [-0.25, -0.2) is 0 Å². The van der Waals surface area contributed by atoms with Crippen LogP contribution in [0.5, 0.6) is 0 Å². The van der Waals surface area contributed by atoms with Crippen LogP contribution in [-0.2, 0) is 5.41 Å². The predicted octanol–water partition coefficient (Wildman–Crippen LogP) is 8.56. The average molecular weight is 412 g/mol. The van der Waals surface area contributed by atoms with Crippen molar-refractivity contribution in [3.8, 4) is 22.3 Å². The first-order chi connectivity index (χ1) is 15.6. The minimum Gasteiger partial charge on any atom is -0.355 e. The molecule has 32 heavy (non-hydrogen) atoms. The Bertz CT molecular complexity index is 1470. The van der Waals surface area contributed by atoms with Gasteiger partial charge in [-0.05, 0) is 56.8 Å². The first-order valence-corrected chi connectivity index (χ1v) is 11.2. The van der Waals surface area contributed by atoms with Crippen molar-refractivity contribution in [2.45, 2.75) is 19.3 Å². The highest BCUT2D eigenvalue weighted by Gasteiger charge is 2.35. The number of rotatable bonds is 3. The maximum atomic E-state index is 3.73. The number of hydrogen-bond donors (Lipinski definition) is 1. The number of fused-ring (bicyclic) bond motifs is 4. The lowest BCUT2D eigenvalue weighted by atomic mass is 9.82. The van der Waals surface area contributed by atoms with E-state index in [0.717, 1.165) is 11.4 Å². The van der Waals surface area contributed by atoms with Crippen LogP contribution >= 0.6 is 0 Å². The summed E-state index contributed by atoms with van der Waals surface area (Å²) in [7, 11) is 0. The third kappa shape index (κ3) is 2.85. The van der Waals surface area contributed by atoms with E-state index in [2.05, 4.69) is 128 Å². The van der Waals surface area contributed by atoms with E-state index in [1.165, 1.54) is 44.2 Å². The van der Waals surface area contributed by atoms with Crippen molar-refractivity contribution < 1.29 is 0 Å². The van der Waals surface area contributed by atoms with Crippen molar-refractivity contribution >= 4 is 22.1 Å². The van der Waals surface area contributed by atoms with E-state index in [-0.39, 0.29) is 5.41 Å². The Kier molecular flexibility index (Phi) is 4.19. The lowest BCUT2D eigenvalue weighted by Gasteiger charge is -2.22. The summed E-state index contributed by atoms with van der Waals surface area (Å²) in [6.45, 7) is 4.65. The van der Waals surface area contributed by atoms with Gasteiger partial charge in [0.2, 0.25) is 0 Å². The largest absolute Gasteiger partial charge is 0.355 e. The molecule has 0 atom stereocenters. The Morgan fingerprint density at radius 3 is 2.09 bits per heavy atom. The van der Waals surface area contributed by atoms with Crippen molar-refractivity contribution in [1.29, 1.82) is 0 Å². The highest BCUT2D eigenvalue weighted by Crippen LogP contribution is 2.49. The molecule has 0 heterocycles. The predicted molar refractivity (Wildman–Crippen MR) is 137 cm³/mol. The van der Waals surface area contributed by atoms with Gasteiger partial charge in [-0.1, -0.05) is 105 Å². The van der Waals surface area contributed by atoms with Gasteiger partial charge in [-0.3, -0.25) is 0 Å². The van der Waals surface area contributed by atoms with Crippen LogP contribution in [0.25, 0.3) is 33.0 Å². The molecule has 0 radical (unpaired) electrons. The molecule has 0 saturated carbocycles. The minimum atomic E-state index is -0.00122. The summed E-state index contributed by atoms with van der Waals surface area (Å²) in [5, 5.41) is 6.26. The number of anilines is 2. The number of para-hydroxylation sites is 1. The van der Waals surface area contributed by atoms with E-state index in [4.69, 9.17) is 0 Å². The molecule has 1 heteroatoms. The molecular weight excluding hydrogens is 386 g/mol. The fourth-order valence-electron chi connectivity index (χ4n) is 5.22. The summed E-state index contributed by atoms with van der Waals surface area (Å²) < 4.78 is 0. The molecular formula is C31H25N. The van der Waals surface area contributed by atoms with E-state index in [1.807, 2.05) is 0 Å². The second-order valence-corrected chi connectivity index (χ2v) is 9.13. The lowest BCUT2D eigenvalue weighted by molar-refractivity contribution is 0.660. The van der Waals surface area contributed by atoms with E-state index < -0.39 is 0 Å². The van der Waals surface area contributed by atoms with Crippen LogP contribution in [0.2, 0.25) is 0 Å². The zero-order valence-corrected chi connectivity index (χ0v) is 18.4. The first kappa shape index (κ1) is 18.9. The molecule has 5 aromatic rings. The van der Waals surface area contributed by atoms with Gasteiger partial charge in [0.15, 0.2) is 0 Å². The fraction of sp³-hybridized carbons (Fsp3) is 0.0968. The molecule has 1 N–H and O–H groups in total. The Morgan fingerprint density at radius 2 is 1.19 bits per heavy atom. The van der Waals surface area contributed by atoms with Crippen LogP contribution < -0.4 is 5.32 Å². The topological polar surface area (TPSA) is 12.0 Å². The molecule has 1 nitrogen and oxygen atoms in total. The Balaban J connectivity index is 1.44. The SMILES string of the molecule is CC1(C)c2ccccc2-c2ccc(Nc3ccccc3-c3cccc4ccccc34)cc21. The third-order valence-corrected chi connectivity index (χ3v) is 6.87. The number of hydrogen-bond acceptors (Lipinski definition) is 1. The quantitative estimate of drug-likeness (QED) is 0.313. The molecule has 154 valence electrons. The minimum absolute atomic E-state index is 0.00122. The Labute approximate surface area is 189 Å². The highest BCUT2D eigenvalue weighted by atomic mass is 14.9. The fourth-order valence-corrected chi connectivity index (χ4v) is 5.22. The number of benzene rings is 5. The second kappa shape index (κ2) is 7.10. The lowest BCUT2D eigenvalue weighted by Crippen LogP contribution is -2.15. The van der Waals surface area contributed by atoms with Gasteiger partial charge in [-0.2, -0.15) is 0 Å². The highest BCUT2D eigenvalue weighted by molar-refractivity contribution is 6.00. The van der Waals surface area contributed by atoms with Crippen molar-refractivity contribution in [2.75, 3.05) is 5.32 Å². The summed E-state index contributed by atoms with van der Waals surface area (Å²) in [6.07, 6.45) is 0. The van der Waals surface area contributed by atoms with E-state index >= 15 is 0 Å². The standard InChI is InChI=1S/C31H25N/c1-31(2)28-16-7-5-13-25(28)26-19-18-22(20-29(26)31)32-30-17-8-6-14-27(30)24-15-9-11-21-10-3-4-12-23(21)24/h3-20,32H,1-2H3. The van der Waals surface area contributed by atoms with Crippen LogP contribution in [0.15, 0.2) is 109 Å². The molecule has 0 bridgehead atoms. The normalized spacial score (nSPS) is 13.6. The van der Waals surface area contributed by atoms with Crippen LogP contribution in [0.1, 0.15) is 25.0 Å². The molecule has 1 aliphatic rings. The smallest absolute Gasteiger partial charge is 0.0464 e. The summed E-state index contributed by atoms with van der Waals surface area (Å²) >= 11 is 0. The summed E-state index contributed by atoms with van der Waals surface area (Å²) in [5.74, 6) is 0. The van der Waals surface area contributed by atoms with Crippen LogP contribution in [0.3, 0.4) is 0 Å². The molecule has 5 aromatic carbocycles. The summed E-state index contributed by atoms with van der Waals surface area (Å²) in [4.78, 5) is 0. The number of nitrogens with one attached hydrogen (secondary N) is 1. The van der Waals surface area contributed by atoms with Gasteiger partial charge in [0, 0.05) is 22.4 Å². The van der Waals surface area contributed by atoms with Crippen LogP contribution in [0.4, 0.5) is 11.4 Å². The van der Waals surface area contributed by atoms with E-state index in [9.17, 15) is 0 Å². The molecule has 0 spiro atoms. The van der Waals surface area contributed by atoms with Crippen molar-refractivity contribution in [1.82, 2.24) is 0 Å². The van der Waals surface area contributed by atoms with E-state index in [1.54, 1.807) is 0 Å². The molecule has 0 aromatic heterocycles. The van der Waals surface area contributed by atoms with E-state index in [0.29, 0.717) is 0 Å². The molecule has 6 rings (SSSR count). The average Bonchev–Trinajstić information content (AvgIpc) is 3.06. The van der Waals surface area contributed by atoms with Gasteiger partial charge in [0.05, 0.1) is 0 Å². The molecule has 0 amide bonds. The van der Waals surface area contributed by atoms with Gasteiger partial charge in [0.25, 0.3) is 0 Å². The first-order valence-electron chi connectivity index (χ1n) is 11.2. The Morgan fingerprint density at radius 1 is 0.531 bits per heavy atom. The zero-order valence-electron chi connectivity index (χ0n) is 18.4. The maximum Gasteiger partial charge on any atom is 0.0464 e. The monoisotopic (exact) mass is 411 g/mol. The van der Waals surface area contributed by atoms with Crippen molar-refractivity contribution in [2.24, 2.45) is 0 Å². The van der Waals surface area contributed by atoms with Crippen molar-refractivity contribution in [3.05, 3.63) is 120 Å². The molecule has 0 saturated heterocycles. The van der Waals surface area contributed by atoms with Gasteiger partial charge in [-0.15, -0.1) is 0 Å². The zero-order chi connectivity index (χ0) is 21.7. The molecule has 0 fully saturated rings. The second-order valence-electron chi connectivity index (χ2n) is 9.13.